The SMILES string of the molecule is O=C(Nc1ccccc1/C(=C/C(F)(F)F)c1ccccc1)c1ccccc1. The summed E-state index contributed by atoms with van der Waals surface area (Å²) < 4.78 is 39.5. The summed E-state index contributed by atoms with van der Waals surface area (Å²) in [6.45, 7) is 0. The van der Waals surface area contributed by atoms with E-state index in [1.54, 1.807) is 84.9 Å². The number of anilines is 1. The van der Waals surface area contributed by atoms with E-state index in [0.29, 0.717) is 22.4 Å². The van der Waals surface area contributed by atoms with Gasteiger partial charge in [0.05, 0.1) is 0 Å². The van der Waals surface area contributed by atoms with Crippen molar-refractivity contribution in [1.29, 1.82) is 0 Å². The van der Waals surface area contributed by atoms with E-state index in [1.165, 1.54) is 0 Å². The summed E-state index contributed by atoms with van der Waals surface area (Å²) in [4.78, 5) is 12.5. The number of alkyl halides is 3. The summed E-state index contributed by atoms with van der Waals surface area (Å²) in [6.07, 6.45) is -4.24. The van der Waals surface area contributed by atoms with Crippen molar-refractivity contribution < 1.29 is 18.0 Å². The van der Waals surface area contributed by atoms with E-state index in [4.69, 9.17) is 0 Å². The Morgan fingerprint density at radius 2 is 1.26 bits per heavy atom. The van der Waals surface area contributed by atoms with Crippen molar-refractivity contribution in [2.75, 3.05) is 5.32 Å². The van der Waals surface area contributed by atoms with Crippen LogP contribution < -0.4 is 5.32 Å². The lowest BCUT2D eigenvalue weighted by molar-refractivity contribution is -0.0793. The molecule has 3 rings (SSSR count). The Morgan fingerprint density at radius 1 is 0.741 bits per heavy atom. The first-order chi connectivity index (χ1) is 12.9. The van der Waals surface area contributed by atoms with Crippen LogP contribution in [-0.2, 0) is 0 Å². The molecule has 0 heterocycles. The van der Waals surface area contributed by atoms with Gasteiger partial charge < -0.3 is 5.32 Å². The zero-order chi connectivity index (χ0) is 19.3. The molecule has 0 radical (unpaired) electrons. The number of rotatable bonds is 4. The lowest BCUT2D eigenvalue weighted by Gasteiger charge is -2.15. The third-order valence-corrected chi connectivity index (χ3v) is 3.89. The Morgan fingerprint density at radius 3 is 1.85 bits per heavy atom. The van der Waals surface area contributed by atoms with Gasteiger partial charge in [0.2, 0.25) is 0 Å². The van der Waals surface area contributed by atoms with E-state index >= 15 is 0 Å². The maximum Gasteiger partial charge on any atom is 0.410 e. The van der Waals surface area contributed by atoms with Crippen LogP contribution in [0.1, 0.15) is 21.5 Å². The fourth-order valence-electron chi connectivity index (χ4n) is 2.71. The summed E-state index contributed by atoms with van der Waals surface area (Å²) in [5.41, 5.74) is 1.44. The fourth-order valence-corrected chi connectivity index (χ4v) is 2.71. The van der Waals surface area contributed by atoms with Crippen LogP contribution in [0, 0.1) is 0 Å². The fraction of sp³-hybridized carbons (Fsp3) is 0.0455. The minimum absolute atomic E-state index is 0.00735. The highest BCUT2D eigenvalue weighted by atomic mass is 19.4. The third-order valence-electron chi connectivity index (χ3n) is 3.89. The van der Waals surface area contributed by atoms with Crippen LogP contribution in [0.15, 0.2) is 91.0 Å². The monoisotopic (exact) mass is 367 g/mol. The standard InChI is InChI=1S/C22H16F3NO/c23-22(24,25)15-19(16-9-3-1-4-10-16)18-13-7-8-14-20(18)26-21(27)17-11-5-2-6-12-17/h1-15H,(H,26,27)/b19-15+. The highest BCUT2D eigenvalue weighted by Crippen LogP contribution is 2.33. The van der Waals surface area contributed by atoms with Gasteiger partial charge in [-0.3, -0.25) is 4.79 Å². The molecule has 27 heavy (non-hydrogen) atoms. The Labute approximate surface area is 155 Å². The number of para-hydroxylation sites is 1. The van der Waals surface area contributed by atoms with Crippen LogP contribution in [0.2, 0.25) is 0 Å². The van der Waals surface area contributed by atoms with E-state index in [0.717, 1.165) is 0 Å². The molecule has 0 atom stereocenters. The molecule has 2 nitrogen and oxygen atoms in total. The molecule has 3 aromatic rings. The second-order valence-corrected chi connectivity index (χ2v) is 5.83. The third kappa shape index (κ3) is 4.85. The van der Waals surface area contributed by atoms with Gasteiger partial charge in [-0.15, -0.1) is 0 Å². The lowest BCUT2D eigenvalue weighted by Crippen LogP contribution is -2.13. The molecule has 0 saturated heterocycles. The van der Waals surface area contributed by atoms with Crippen molar-refractivity contribution in [2.45, 2.75) is 6.18 Å². The topological polar surface area (TPSA) is 29.1 Å². The molecule has 1 N–H and O–H groups in total. The van der Waals surface area contributed by atoms with Crippen molar-refractivity contribution in [2.24, 2.45) is 0 Å². The molecule has 0 aliphatic heterocycles. The van der Waals surface area contributed by atoms with E-state index in [9.17, 15) is 18.0 Å². The number of nitrogens with one attached hydrogen (secondary N) is 1. The molecule has 3 aromatic carbocycles. The zero-order valence-corrected chi connectivity index (χ0v) is 14.2. The first-order valence-electron chi connectivity index (χ1n) is 8.25. The largest absolute Gasteiger partial charge is 0.410 e. The van der Waals surface area contributed by atoms with Crippen LogP contribution >= 0.6 is 0 Å². The van der Waals surface area contributed by atoms with Crippen LogP contribution in [0.4, 0.5) is 18.9 Å². The van der Waals surface area contributed by atoms with E-state index in [1.807, 2.05) is 0 Å². The number of hydrogen-bond donors (Lipinski definition) is 1. The molecule has 0 unspecified atom stereocenters. The van der Waals surface area contributed by atoms with Gasteiger partial charge >= 0.3 is 6.18 Å². The van der Waals surface area contributed by atoms with Crippen LogP contribution in [0.25, 0.3) is 5.57 Å². The molecule has 0 spiro atoms. The molecular weight excluding hydrogens is 351 g/mol. The van der Waals surface area contributed by atoms with Crippen LogP contribution in [-0.4, -0.2) is 12.1 Å². The van der Waals surface area contributed by atoms with Gasteiger partial charge in [0, 0.05) is 22.9 Å². The summed E-state index contributed by atoms with van der Waals surface area (Å²) in [5.74, 6) is -0.387. The number of carbonyl (C=O) groups is 1. The Hall–Kier alpha value is -3.34. The second kappa shape index (κ2) is 7.91. The van der Waals surface area contributed by atoms with E-state index in [-0.39, 0.29) is 17.6 Å². The molecule has 5 heteroatoms. The summed E-state index contributed by atoms with van der Waals surface area (Å²) >= 11 is 0. The number of amides is 1. The number of benzene rings is 3. The van der Waals surface area contributed by atoms with Gasteiger partial charge in [-0.1, -0.05) is 66.7 Å². The van der Waals surface area contributed by atoms with Crippen LogP contribution in [0.5, 0.6) is 0 Å². The first kappa shape index (κ1) is 18.5. The van der Waals surface area contributed by atoms with Gasteiger partial charge in [-0.05, 0) is 29.3 Å². The Kier molecular flexibility index (Phi) is 5.41. The highest BCUT2D eigenvalue weighted by Gasteiger charge is 2.26. The molecule has 1 amide bonds. The number of carbonyl (C=O) groups excluding carboxylic acids is 1. The van der Waals surface area contributed by atoms with Crippen LogP contribution in [0.3, 0.4) is 0 Å². The second-order valence-electron chi connectivity index (χ2n) is 5.83. The molecule has 136 valence electrons. The summed E-state index contributed by atoms with van der Waals surface area (Å²) in [5, 5.41) is 2.72. The predicted octanol–water partition coefficient (Wildman–Crippen LogP) is 5.93. The molecule has 0 fully saturated rings. The van der Waals surface area contributed by atoms with Crippen molar-refractivity contribution in [1.82, 2.24) is 0 Å². The number of hydrogen-bond acceptors (Lipinski definition) is 1. The quantitative estimate of drug-likeness (QED) is 0.608. The molecule has 0 saturated carbocycles. The Bertz CT molecular complexity index is 948. The zero-order valence-electron chi connectivity index (χ0n) is 14.2. The van der Waals surface area contributed by atoms with Gasteiger partial charge in [0.25, 0.3) is 5.91 Å². The minimum Gasteiger partial charge on any atom is -0.321 e. The van der Waals surface area contributed by atoms with E-state index < -0.39 is 6.18 Å². The molecule has 0 bridgehead atoms. The maximum absolute atomic E-state index is 13.2. The highest BCUT2D eigenvalue weighted by molar-refractivity contribution is 6.06. The molecular formula is C22H16F3NO. The Balaban J connectivity index is 2.04. The van der Waals surface area contributed by atoms with Crippen molar-refractivity contribution in [3.05, 3.63) is 108 Å². The average molecular weight is 367 g/mol. The molecule has 0 aliphatic rings. The van der Waals surface area contributed by atoms with Crippen molar-refractivity contribution in [3.63, 3.8) is 0 Å². The lowest BCUT2D eigenvalue weighted by atomic mass is 9.95. The number of allylic oxidation sites excluding steroid dienone is 1. The first-order valence-corrected chi connectivity index (χ1v) is 8.25. The molecule has 0 aliphatic carbocycles. The van der Waals surface area contributed by atoms with Gasteiger partial charge in [-0.25, -0.2) is 0 Å². The average Bonchev–Trinajstić information content (AvgIpc) is 2.67. The predicted molar refractivity (Wildman–Crippen MR) is 100 cm³/mol. The number of halogens is 3. The summed E-state index contributed by atoms with van der Waals surface area (Å²) in [7, 11) is 0. The smallest absolute Gasteiger partial charge is 0.321 e. The van der Waals surface area contributed by atoms with Gasteiger partial charge in [0.15, 0.2) is 0 Å². The van der Waals surface area contributed by atoms with E-state index in [2.05, 4.69) is 5.32 Å². The van der Waals surface area contributed by atoms with Crippen molar-refractivity contribution in [3.8, 4) is 0 Å². The summed E-state index contributed by atoms with van der Waals surface area (Å²) in [6, 6.07) is 23.2. The molecule has 0 aromatic heterocycles. The maximum atomic E-state index is 13.2. The van der Waals surface area contributed by atoms with Crippen molar-refractivity contribution >= 4 is 17.2 Å². The normalized spacial score (nSPS) is 11.9. The van der Waals surface area contributed by atoms with Gasteiger partial charge in [-0.2, -0.15) is 13.2 Å². The minimum atomic E-state index is -4.50. The van der Waals surface area contributed by atoms with Gasteiger partial charge in [0.1, 0.15) is 0 Å².